The monoisotopic (exact) mass is 366 g/mol. The first-order valence-electron chi connectivity index (χ1n) is 5.26. The minimum absolute atomic E-state index is 0.0907. The van der Waals surface area contributed by atoms with Gasteiger partial charge in [-0.2, -0.15) is 0 Å². The fourth-order valence-corrected chi connectivity index (χ4v) is 5.23. The van der Waals surface area contributed by atoms with E-state index in [9.17, 15) is 21.0 Å². The summed E-state index contributed by atoms with van der Waals surface area (Å²) in [6.45, 7) is 0. The van der Waals surface area contributed by atoms with Crippen molar-refractivity contribution in [2.75, 3.05) is 0 Å². The standard InChI is InChI=1S/C10H10N2O5S4/c11-20(14,15)8-3-1-7(2-4-8)19(13)9-5-6-10(18-9)21(12,16)17/h1-6H,(H2,11,14,15)(H2,12,16,17)/t19-/m0/s1. The molecule has 1 aromatic carbocycles. The van der Waals surface area contributed by atoms with Crippen LogP contribution >= 0.6 is 11.3 Å². The summed E-state index contributed by atoms with van der Waals surface area (Å²) in [5, 5.41) is 9.94. The lowest BCUT2D eigenvalue weighted by Crippen LogP contribution is -2.11. The average molecular weight is 366 g/mol. The van der Waals surface area contributed by atoms with E-state index < -0.39 is 30.8 Å². The summed E-state index contributed by atoms with van der Waals surface area (Å²) in [5.74, 6) is 0. The van der Waals surface area contributed by atoms with Gasteiger partial charge >= 0.3 is 0 Å². The molecule has 2 rings (SSSR count). The van der Waals surface area contributed by atoms with Crippen LogP contribution in [0.5, 0.6) is 0 Å². The molecule has 0 bridgehead atoms. The molecule has 2 aromatic rings. The first kappa shape index (κ1) is 16.3. The van der Waals surface area contributed by atoms with Crippen LogP contribution < -0.4 is 10.3 Å². The SMILES string of the molecule is NS(=O)(=O)c1ccc([S@](=O)c2ccc(S(N)(=O)=O)s2)cc1. The van der Waals surface area contributed by atoms with Crippen LogP contribution in [0.25, 0.3) is 0 Å². The molecule has 0 radical (unpaired) electrons. The van der Waals surface area contributed by atoms with Crippen LogP contribution in [-0.2, 0) is 30.8 Å². The Hall–Kier alpha value is -1.11. The van der Waals surface area contributed by atoms with Gasteiger partial charge in [0.05, 0.1) is 19.9 Å². The summed E-state index contributed by atoms with van der Waals surface area (Å²) in [6.07, 6.45) is 0. The molecule has 0 amide bonds. The highest BCUT2D eigenvalue weighted by Crippen LogP contribution is 2.27. The zero-order valence-corrected chi connectivity index (χ0v) is 13.6. The molecule has 0 aliphatic heterocycles. The number of hydrogen-bond donors (Lipinski definition) is 2. The number of rotatable bonds is 4. The van der Waals surface area contributed by atoms with Crippen molar-refractivity contribution >= 4 is 42.2 Å². The smallest absolute Gasteiger partial charge is 0.247 e. The van der Waals surface area contributed by atoms with Gasteiger partial charge in [0.2, 0.25) is 20.0 Å². The molecule has 11 heteroatoms. The number of thiophene rings is 1. The Morgan fingerprint density at radius 3 is 1.86 bits per heavy atom. The van der Waals surface area contributed by atoms with Crippen molar-refractivity contribution in [2.24, 2.45) is 10.3 Å². The van der Waals surface area contributed by atoms with Crippen molar-refractivity contribution in [1.82, 2.24) is 0 Å². The van der Waals surface area contributed by atoms with Crippen LogP contribution in [-0.4, -0.2) is 21.0 Å². The zero-order chi connectivity index (χ0) is 15.8. The second-order valence-corrected chi connectivity index (χ2v) is 10.0. The van der Waals surface area contributed by atoms with Gasteiger partial charge in [0, 0.05) is 4.90 Å². The van der Waals surface area contributed by atoms with Gasteiger partial charge in [-0.15, -0.1) is 11.3 Å². The van der Waals surface area contributed by atoms with E-state index >= 15 is 0 Å². The number of sulfonamides is 2. The second kappa shape index (κ2) is 5.59. The van der Waals surface area contributed by atoms with Crippen molar-refractivity contribution < 1.29 is 21.0 Å². The molecule has 7 nitrogen and oxygen atoms in total. The summed E-state index contributed by atoms with van der Waals surface area (Å²) in [6, 6.07) is 7.84. The molecule has 0 spiro atoms. The highest BCUT2D eigenvalue weighted by Gasteiger charge is 2.16. The molecule has 0 saturated carbocycles. The Bertz CT molecular complexity index is 897. The minimum Gasteiger partial charge on any atom is -0.248 e. The molecule has 4 N–H and O–H groups in total. The van der Waals surface area contributed by atoms with Crippen LogP contribution in [0.3, 0.4) is 0 Å². The summed E-state index contributed by atoms with van der Waals surface area (Å²) in [7, 11) is -9.29. The molecule has 1 atom stereocenters. The normalized spacial score (nSPS) is 14.0. The molecule has 21 heavy (non-hydrogen) atoms. The highest BCUT2D eigenvalue weighted by atomic mass is 32.3. The maximum Gasteiger partial charge on any atom is 0.247 e. The second-order valence-electron chi connectivity index (χ2n) is 3.90. The highest BCUT2D eigenvalue weighted by molar-refractivity contribution is 7.92. The van der Waals surface area contributed by atoms with Crippen LogP contribution in [0.4, 0.5) is 0 Å². The van der Waals surface area contributed by atoms with E-state index in [1.807, 2.05) is 0 Å². The molecular weight excluding hydrogens is 356 g/mol. The van der Waals surface area contributed by atoms with Crippen molar-refractivity contribution in [3.8, 4) is 0 Å². The summed E-state index contributed by atoms with van der Waals surface area (Å²) in [4.78, 5) is 0.227. The third-order valence-electron chi connectivity index (χ3n) is 2.39. The lowest BCUT2D eigenvalue weighted by atomic mass is 10.4. The first-order valence-corrected chi connectivity index (χ1v) is 10.3. The van der Waals surface area contributed by atoms with Crippen LogP contribution in [0.1, 0.15) is 0 Å². The Kier molecular flexibility index (Phi) is 4.33. The van der Waals surface area contributed by atoms with Gasteiger partial charge in [-0.3, -0.25) is 0 Å². The summed E-state index contributed by atoms with van der Waals surface area (Å²) >= 11 is 0.796. The molecule has 1 aromatic heterocycles. The maximum absolute atomic E-state index is 12.3. The molecule has 0 saturated heterocycles. The first-order chi connectivity index (χ1) is 9.59. The lowest BCUT2D eigenvalue weighted by Gasteiger charge is -2.01. The predicted molar refractivity (Wildman–Crippen MR) is 78.2 cm³/mol. The number of hydrogen-bond acceptors (Lipinski definition) is 6. The summed E-state index contributed by atoms with van der Waals surface area (Å²) in [5.41, 5.74) is 0. The van der Waals surface area contributed by atoms with E-state index in [-0.39, 0.29) is 9.10 Å². The van der Waals surface area contributed by atoms with Crippen LogP contribution in [0, 0.1) is 0 Å². The molecule has 0 unspecified atom stereocenters. The Morgan fingerprint density at radius 1 is 0.857 bits per heavy atom. The van der Waals surface area contributed by atoms with Crippen molar-refractivity contribution in [2.45, 2.75) is 18.2 Å². The lowest BCUT2D eigenvalue weighted by molar-refractivity contribution is 0.596. The van der Waals surface area contributed by atoms with E-state index in [1.54, 1.807) is 0 Å². The van der Waals surface area contributed by atoms with Gasteiger partial charge in [-0.1, -0.05) is 0 Å². The fraction of sp³-hybridized carbons (Fsp3) is 0. The predicted octanol–water partition coefficient (Wildman–Crippen LogP) is 0.210. The maximum atomic E-state index is 12.3. The topological polar surface area (TPSA) is 137 Å². The quantitative estimate of drug-likeness (QED) is 0.796. The van der Waals surface area contributed by atoms with E-state index in [4.69, 9.17) is 10.3 Å². The van der Waals surface area contributed by atoms with E-state index in [0.29, 0.717) is 9.10 Å². The average Bonchev–Trinajstić information content (AvgIpc) is 2.86. The number of primary sulfonamides is 2. The molecule has 1 heterocycles. The number of nitrogens with two attached hydrogens (primary N) is 2. The molecule has 0 aliphatic rings. The van der Waals surface area contributed by atoms with Crippen LogP contribution in [0.2, 0.25) is 0 Å². The van der Waals surface area contributed by atoms with Crippen LogP contribution in [0.15, 0.2) is 54.6 Å². The third kappa shape index (κ3) is 3.75. The van der Waals surface area contributed by atoms with Crippen molar-refractivity contribution in [3.63, 3.8) is 0 Å². The van der Waals surface area contributed by atoms with Gasteiger partial charge < -0.3 is 0 Å². The molecule has 114 valence electrons. The van der Waals surface area contributed by atoms with Gasteiger partial charge in [-0.25, -0.2) is 31.3 Å². The number of benzene rings is 1. The summed E-state index contributed by atoms with van der Waals surface area (Å²) < 4.78 is 57.0. The molecule has 0 aliphatic carbocycles. The Morgan fingerprint density at radius 2 is 1.43 bits per heavy atom. The third-order valence-corrected chi connectivity index (χ3v) is 7.54. The van der Waals surface area contributed by atoms with Crippen molar-refractivity contribution in [3.05, 3.63) is 36.4 Å². The largest absolute Gasteiger partial charge is 0.248 e. The van der Waals surface area contributed by atoms with E-state index in [0.717, 1.165) is 11.3 Å². The van der Waals surface area contributed by atoms with Gasteiger partial charge in [0.1, 0.15) is 4.21 Å². The molecular formula is C10H10N2O5S4. The van der Waals surface area contributed by atoms with Gasteiger partial charge in [-0.05, 0) is 36.4 Å². The Balaban J connectivity index is 2.35. The zero-order valence-electron chi connectivity index (χ0n) is 10.3. The fourth-order valence-electron chi connectivity index (χ4n) is 1.42. The van der Waals surface area contributed by atoms with Crippen molar-refractivity contribution in [1.29, 1.82) is 0 Å². The van der Waals surface area contributed by atoms with Gasteiger partial charge in [0.15, 0.2) is 0 Å². The van der Waals surface area contributed by atoms with E-state index in [1.165, 1.54) is 36.4 Å². The van der Waals surface area contributed by atoms with Gasteiger partial charge in [0.25, 0.3) is 0 Å². The Labute approximate surface area is 128 Å². The molecule has 0 fully saturated rings. The van der Waals surface area contributed by atoms with E-state index in [2.05, 4.69) is 0 Å². The minimum atomic E-state index is -3.84.